The lowest BCUT2D eigenvalue weighted by atomic mass is 10.4. The van der Waals surface area contributed by atoms with Crippen molar-refractivity contribution in [1.82, 2.24) is 9.88 Å². The number of hydrogen-bond donors (Lipinski definition) is 1. The van der Waals surface area contributed by atoms with Crippen molar-refractivity contribution < 1.29 is 4.79 Å². The molecule has 4 heteroatoms. The lowest BCUT2D eigenvalue weighted by Crippen LogP contribution is -2.27. The second kappa shape index (κ2) is 4.57. The molecule has 0 aliphatic heterocycles. The Bertz CT molecular complexity index is 271. The summed E-state index contributed by atoms with van der Waals surface area (Å²) in [4.78, 5) is 17.0. The van der Waals surface area contributed by atoms with Gasteiger partial charge in [-0.25, -0.2) is 4.98 Å². The van der Waals surface area contributed by atoms with Crippen molar-refractivity contribution >= 4 is 11.7 Å². The number of rotatable bonds is 3. The van der Waals surface area contributed by atoms with Gasteiger partial charge in [0.15, 0.2) is 0 Å². The average Bonchev–Trinajstić information content (AvgIpc) is 2.04. The summed E-state index contributed by atoms with van der Waals surface area (Å²) in [5.41, 5.74) is 0. The van der Waals surface area contributed by atoms with E-state index in [0.717, 1.165) is 0 Å². The maximum Gasteiger partial charge on any atom is 0.239 e. The Morgan fingerprint density at radius 3 is 2.85 bits per heavy atom. The van der Waals surface area contributed by atoms with Gasteiger partial charge in [0.1, 0.15) is 5.82 Å². The molecule has 1 amide bonds. The second-order valence-corrected chi connectivity index (χ2v) is 3.00. The molecule has 0 aliphatic carbocycles. The lowest BCUT2D eigenvalue weighted by Gasteiger charge is -2.08. The average molecular weight is 179 g/mol. The van der Waals surface area contributed by atoms with Crippen LogP contribution >= 0.6 is 0 Å². The number of nitrogens with zero attached hydrogens (tertiary/aromatic N) is 2. The summed E-state index contributed by atoms with van der Waals surface area (Å²) in [5, 5.41) is 2.68. The van der Waals surface area contributed by atoms with Gasteiger partial charge in [-0.2, -0.15) is 0 Å². The summed E-state index contributed by atoms with van der Waals surface area (Å²) in [6, 6.07) is 5.40. The number of pyridine rings is 1. The fourth-order valence-electron chi connectivity index (χ4n) is 0.906. The van der Waals surface area contributed by atoms with Crippen LogP contribution in [0, 0.1) is 0 Å². The van der Waals surface area contributed by atoms with Crippen molar-refractivity contribution in [3.05, 3.63) is 24.4 Å². The molecule has 0 bridgehead atoms. The summed E-state index contributed by atoms with van der Waals surface area (Å²) in [5.74, 6) is 0.540. The van der Waals surface area contributed by atoms with Crippen molar-refractivity contribution in [2.45, 2.75) is 0 Å². The van der Waals surface area contributed by atoms with Crippen LogP contribution in [0.25, 0.3) is 0 Å². The van der Waals surface area contributed by atoms with E-state index in [4.69, 9.17) is 0 Å². The van der Waals surface area contributed by atoms with Crippen LogP contribution in [-0.4, -0.2) is 36.4 Å². The lowest BCUT2D eigenvalue weighted by molar-refractivity contribution is -0.116. The monoisotopic (exact) mass is 179 g/mol. The van der Waals surface area contributed by atoms with E-state index in [1.54, 1.807) is 17.2 Å². The molecule has 1 rings (SSSR count). The highest BCUT2D eigenvalue weighted by molar-refractivity contribution is 5.91. The number of nitrogens with one attached hydrogen (secondary N) is 1. The first-order valence-electron chi connectivity index (χ1n) is 4.04. The van der Waals surface area contributed by atoms with Gasteiger partial charge in [0.2, 0.25) is 5.91 Å². The minimum absolute atomic E-state index is 0.0521. The van der Waals surface area contributed by atoms with Crippen LogP contribution in [0.3, 0.4) is 0 Å². The zero-order chi connectivity index (χ0) is 9.68. The molecule has 0 aliphatic rings. The number of carbonyl (C=O) groups excluding carboxylic acids is 1. The fraction of sp³-hybridized carbons (Fsp3) is 0.333. The Morgan fingerprint density at radius 1 is 1.54 bits per heavy atom. The Kier molecular flexibility index (Phi) is 3.40. The van der Waals surface area contributed by atoms with Gasteiger partial charge in [-0.05, 0) is 26.2 Å². The third kappa shape index (κ3) is 3.66. The van der Waals surface area contributed by atoms with Crippen molar-refractivity contribution in [1.29, 1.82) is 0 Å². The molecule has 0 fully saturated rings. The van der Waals surface area contributed by atoms with E-state index in [0.29, 0.717) is 12.4 Å². The van der Waals surface area contributed by atoms with Crippen LogP contribution in [0.5, 0.6) is 0 Å². The van der Waals surface area contributed by atoms with Crippen molar-refractivity contribution in [2.24, 2.45) is 0 Å². The predicted octanol–water partition coefficient (Wildman–Crippen LogP) is 0.582. The molecule has 1 aromatic rings. The van der Waals surface area contributed by atoms with E-state index in [1.807, 2.05) is 26.2 Å². The molecule has 0 saturated heterocycles. The minimum atomic E-state index is -0.0521. The van der Waals surface area contributed by atoms with Gasteiger partial charge < -0.3 is 10.2 Å². The highest BCUT2D eigenvalue weighted by atomic mass is 16.2. The molecule has 0 saturated carbocycles. The van der Waals surface area contributed by atoms with E-state index in [1.165, 1.54) is 0 Å². The first-order chi connectivity index (χ1) is 6.18. The molecule has 13 heavy (non-hydrogen) atoms. The second-order valence-electron chi connectivity index (χ2n) is 3.00. The van der Waals surface area contributed by atoms with Crippen molar-refractivity contribution in [3.8, 4) is 0 Å². The molecular formula is C9H13N3O. The van der Waals surface area contributed by atoms with Crippen LogP contribution in [0.4, 0.5) is 5.82 Å². The molecule has 0 spiro atoms. The number of likely N-dealkylation sites (N-methyl/N-ethyl adjacent to an activating group) is 1. The zero-order valence-electron chi connectivity index (χ0n) is 7.82. The zero-order valence-corrected chi connectivity index (χ0v) is 7.82. The summed E-state index contributed by atoms with van der Waals surface area (Å²) in [6.45, 7) is 0.372. The highest BCUT2D eigenvalue weighted by Gasteiger charge is 2.02. The Balaban J connectivity index is 2.46. The number of hydrogen-bond acceptors (Lipinski definition) is 3. The SMILES string of the molecule is CN(C)CC(=O)Nc1ccccn1. The van der Waals surface area contributed by atoms with Gasteiger partial charge in [0, 0.05) is 6.20 Å². The van der Waals surface area contributed by atoms with Gasteiger partial charge in [-0.1, -0.05) is 6.07 Å². The molecule has 1 N–H and O–H groups in total. The van der Waals surface area contributed by atoms with Gasteiger partial charge in [0.25, 0.3) is 0 Å². The van der Waals surface area contributed by atoms with Crippen LogP contribution in [0.2, 0.25) is 0 Å². The normalized spacial score (nSPS) is 10.1. The number of amides is 1. The Labute approximate surface area is 77.6 Å². The van der Waals surface area contributed by atoms with E-state index in [-0.39, 0.29) is 5.91 Å². The molecule has 0 radical (unpaired) electrons. The summed E-state index contributed by atoms with van der Waals surface area (Å²) < 4.78 is 0. The highest BCUT2D eigenvalue weighted by Crippen LogP contribution is 1.98. The van der Waals surface area contributed by atoms with Crippen molar-refractivity contribution in [3.63, 3.8) is 0 Å². The third-order valence-corrected chi connectivity index (χ3v) is 1.39. The minimum Gasteiger partial charge on any atom is -0.310 e. The van der Waals surface area contributed by atoms with Crippen LogP contribution < -0.4 is 5.32 Å². The standard InChI is InChI=1S/C9H13N3O/c1-12(2)7-9(13)11-8-5-3-4-6-10-8/h3-6H,7H2,1-2H3,(H,10,11,13). The van der Waals surface area contributed by atoms with Gasteiger partial charge >= 0.3 is 0 Å². The molecule has 0 aromatic carbocycles. The van der Waals surface area contributed by atoms with E-state index in [9.17, 15) is 4.79 Å². The van der Waals surface area contributed by atoms with E-state index in [2.05, 4.69) is 10.3 Å². The van der Waals surface area contributed by atoms with Crippen molar-refractivity contribution in [2.75, 3.05) is 26.0 Å². The molecule has 70 valence electrons. The van der Waals surface area contributed by atoms with Crippen LogP contribution in [0.1, 0.15) is 0 Å². The molecule has 1 aromatic heterocycles. The maximum atomic E-state index is 11.2. The van der Waals surface area contributed by atoms with Crippen LogP contribution in [0.15, 0.2) is 24.4 Å². The largest absolute Gasteiger partial charge is 0.310 e. The van der Waals surface area contributed by atoms with Gasteiger partial charge in [0.05, 0.1) is 6.54 Å². The smallest absolute Gasteiger partial charge is 0.239 e. The number of aromatic nitrogens is 1. The fourth-order valence-corrected chi connectivity index (χ4v) is 0.906. The Morgan fingerprint density at radius 2 is 2.31 bits per heavy atom. The summed E-state index contributed by atoms with van der Waals surface area (Å²) in [7, 11) is 3.69. The van der Waals surface area contributed by atoms with E-state index >= 15 is 0 Å². The molecule has 0 atom stereocenters. The topological polar surface area (TPSA) is 45.2 Å². The molecular weight excluding hydrogens is 166 g/mol. The first-order valence-corrected chi connectivity index (χ1v) is 4.04. The predicted molar refractivity (Wildman–Crippen MR) is 51.4 cm³/mol. The summed E-state index contributed by atoms with van der Waals surface area (Å²) >= 11 is 0. The quantitative estimate of drug-likeness (QED) is 0.738. The molecule has 0 unspecified atom stereocenters. The van der Waals surface area contributed by atoms with Gasteiger partial charge in [-0.15, -0.1) is 0 Å². The molecule has 4 nitrogen and oxygen atoms in total. The number of anilines is 1. The van der Waals surface area contributed by atoms with Gasteiger partial charge in [-0.3, -0.25) is 4.79 Å². The summed E-state index contributed by atoms with van der Waals surface area (Å²) in [6.07, 6.45) is 1.64. The van der Waals surface area contributed by atoms with Crippen LogP contribution in [-0.2, 0) is 4.79 Å². The number of carbonyl (C=O) groups is 1. The van der Waals surface area contributed by atoms with E-state index < -0.39 is 0 Å². The maximum absolute atomic E-state index is 11.2. The molecule has 1 heterocycles. The third-order valence-electron chi connectivity index (χ3n) is 1.39. The first kappa shape index (κ1) is 9.67. The Hall–Kier alpha value is -1.42.